The highest BCUT2D eigenvalue weighted by molar-refractivity contribution is 6.32. The molecule has 0 bridgehead atoms. The molecule has 6 nitrogen and oxygen atoms in total. The van der Waals surface area contributed by atoms with Gasteiger partial charge in [-0.05, 0) is 31.0 Å². The van der Waals surface area contributed by atoms with Crippen LogP contribution in [-0.2, 0) is 9.53 Å². The fourth-order valence-electron chi connectivity index (χ4n) is 2.01. The Morgan fingerprint density at radius 1 is 1.38 bits per heavy atom. The highest BCUT2D eigenvalue weighted by Crippen LogP contribution is 2.25. The lowest BCUT2D eigenvalue weighted by Gasteiger charge is -2.23. The predicted octanol–water partition coefficient (Wildman–Crippen LogP) is 1.71. The number of benzene rings is 1. The highest BCUT2D eigenvalue weighted by atomic mass is 35.5. The Labute approximate surface area is 127 Å². The van der Waals surface area contributed by atoms with Crippen LogP contribution in [0.2, 0.25) is 5.02 Å². The first-order valence-electron chi connectivity index (χ1n) is 6.59. The van der Waals surface area contributed by atoms with Crippen molar-refractivity contribution in [2.45, 2.75) is 18.9 Å². The molecular weight excluding hydrogens is 298 g/mol. The van der Waals surface area contributed by atoms with Gasteiger partial charge in [0.1, 0.15) is 5.75 Å². The summed E-state index contributed by atoms with van der Waals surface area (Å²) in [4.78, 5) is 22.5. The number of carboxylic acids is 1. The van der Waals surface area contributed by atoms with Gasteiger partial charge in [-0.15, -0.1) is 0 Å². The number of amides is 1. The summed E-state index contributed by atoms with van der Waals surface area (Å²) in [6.07, 6.45) is 1.58. The van der Waals surface area contributed by atoms with Crippen molar-refractivity contribution >= 4 is 23.5 Å². The molecule has 1 aliphatic rings. The summed E-state index contributed by atoms with van der Waals surface area (Å²) in [6, 6.07) is 4.21. The minimum Gasteiger partial charge on any atom is -0.482 e. The number of rotatable bonds is 5. The summed E-state index contributed by atoms with van der Waals surface area (Å²) in [5.41, 5.74) is 0.0685. The molecule has 0 atom stereocenters. The molecule has 0 unspecified atom stereocenters. The Morgan fingerprint density at radius 3 is 2.71 bits per heavy atom. The van der Waals surface area contributed by atoms with Gasteiger partial charge in [0.05, 0.1) is 10.6 Å². The summed E-state index contributed by atoms with van der Waals surface area (Å²) in [7, 11) is 0. The zero-order valence-corrected chi connectivity index (χ0v) is 12.1. The quantitative estimate of drug-likeness (QED) is 0.864. The molecule has 114 valence electrons. The van der Waals surface area contributed by atoms with Crippen LogP contribution in [0.25, 0.3) is 0 Å². The molecule has 0 radical (unpaired) electrons. The van der Waals surface area contributed by atoms with E-state index in [4.69, 9.17) is 26.2 Å². The second-order valence-electron chi connectivity index (χ2n) is 4.69. The number of carboxylic acid groups (broad SMARTS) is 1. The molecule has 21 heavy (non-hydrogen) atoms. The molecule has 1 fully saturated rings. The summed E-state index contributed by atoms with van der Waals surface area (Å²) in [5.74, 6) is -1.02. The normalized spacial score (nSPS) is 15.5. The van der Waals surface area contributed by atoms with Gasteiger partial charge in [-0.2, -0.15) is 0 Å². The second kappa shape index (κ2) is 7.28. The standard InChI is InChI=1S/C14H16ClNO5/c15-11-7-9(14(18)19)1-2-12(11)21-8-13(17)16-10-3-5-20-6-4-10/h1-2,7,10H,3-6,8H2,(H,16,17)(H,18,19). The van der Waals surface area contributed by atoms with E-state index in [2.05, 4.69) is 5.32 Å². The first-order chi connectivity index (χ1) is 10.1. The van der Waals surface area contributed by atoms with Crippen molar-refractivity contribution in [2.75, 3.05) is 19.8 Å². The summed E-state index contributed by atoms with van der Waals surface area (Å²) >= 11 is 5.91. The zero-order valence-electron chi connectivity index (χ0n) is 11.3. The average molecular weight is 314 g/mol. The highest BCUT2D eigenvalue weighted by Gasteiger charge is 2.16. The van der Waals surface area contributed by atoms with Gasteiger partial charge >= 0.3 is 5.97 Å². The van der Waals surface area contributed by atoms with E-state index in [1.807, 2.05) is 0 Å². The van der Waals surface area contributed by atoms with Gasteiger partial charge in [-0.3, -0.25) is 4.79 Å². The van der Waals surface area contributed by atoms with Crippen molar-refractivity contribution in [1.29, 1.82) is 0 Å². The van der Waals surface area contributed by atoms with Gasteiger partial charge in [-0.1, -0.05) is 11.6 Å². The van der Waals surface area contributed by atoms with Crippen LogP contribution in [0.15, 0.2) is 18.2 Å². The average Bonchev–Trinajstić information content (AvgIpc) is 2.47. The summed E-state index contributed by atoms with van der Waals surface area (Å²) < 4.78 is 10.5. The van der Waals surface area contributed by atoms with E-state index in [0.717, 1.165) is 12.8 Å². The number of hydrogen-bond acceptors (Lipinski definition) is 4. The smallest absolute Gasteiger partial charge is 0.335 e. The van der Waals surface area contributed by atoms with Crippen molar-refractivity contribution < 1.29 is 24.2 Å². The molecule has 2 rings (SSSR count). The van der Waals surface area contributed by atoms with Gasteiger partial charge < -0.3 is 19.9 Å². The van der Waals surface area contributed by atoms with Crippen molar-refractivity contribution in [3.05, 3.63) is 28.8 Å². The van der Waals surface area contributed by atoms with E-state index in [1.54, 1.807) is 0 Å². The van der Waals surface area contributed by atoms with Crippen molar-refractivity contribution in [3.63, 3.8) is 0 Å². The van der Waals surface area contributed by atoms with Gasteiger partial charge in [-0.25, -0.2) is 4.79 Å². The fourth-order valence-corrected chi connectivity index (χ4v) is 2.24. The molecule has 1 aromatic rings. The zero-order chi connectivity index (χ0) is 15.2. The Hall–Kier alpha value is -1.79. The van der Waals surface area contributed by atoms with Gasteiger partial charge in [0.2, 0.25) is 0 Å². The molecule has 0 aliphatic carbocycles. The molecule has 0 aromatic heterocycles. The Bertz CT molecular complexity index is 528. The van der Waals surface area contributed by atoms with Crippen LogP contribution >= 0.6 is 11.6 Å². The minimum atomic E-state index is -1.07. The van der Waals surface area contributed by atoms with Crippen LogP contribution in [0.1, 0.15) is 23.2 Å². The molecule has 0 saturated carbocycles. The minimum absolute atomic E-state index is 0.0685. The van der Waals surface area contributed by atoms with E-state index >= 15 is 0 Å². The van der Waals surface area contributed by atoms with E-state index in [9.17, 15) is 9.59 Å². The predicted molar refractivity (Wildman–Crippen MR) is 75.9 cm³/mol. The van der Waals surface area contributed by atoms with Crippen molar-refractivity contribution in [2.24, 2.45) is 0 Å². The van der Waals surface area contributed by atoms with E-state index in [1.165, 1.54) is 18.2 Å². The van der Waals surface area contributed by atoms with Crippen LogP contribution in [0.5, 0.6) is 5.75 Å². The molecule has 1 saturated heterocycles. The lowest BCUT2D eigenvalue weighted by Crippen LogP contribution is -2.41. The van der Waals surface area contributed by atoms with Crippen LogP contribution in [-0.4, -0.2) is 42.8 Å². The topological polar surface area (TPSA) is 84.9 Å². The molecule has 1 aromatic carbocycles. The van der Waals surface area contributed by atoms with Crippen LogP contribution in [0.3, 0.4) is 0 Å². The largest absolute Gasteiger partial charge is 0.482 e. The molecule has 1 heterocycles. The third-order valence-electron chi connectivity index (χ3n) is 3.12. The first kappa shape index (κ1) is 15.6. The molecule has 7 heteroatoms. The maximum atomic E-state index is 11.8. The van der Waals surface area contributed by atoms with Crippen LogP contribution < -0.4 is 10.1 Å². The Morgan fingerprint density at radius 2 is 2.10 bits per heavy atom. The summed E-state index contributed by atoms with van der Waals surface area (Å²) in [5, 5.41) is 11.8. The molecular formula is C14H16ClNO5. The van der Waals surface area contributed by atoms with Crippen molar-refractivity contribution in [1.82, 2.24) is 5.32 Å². The number of halogens is 1. The summed E-state index contributed by atoms with van der Waals surface area (Å²) in [6.45, 7) is 1.13. The van der Waals surface area contributed by atoms with Gasteiger partial charge in [0.15, 0.2) is 6.61 Å². The molecule has 0 spiro atoms. The van der Waals surface area contributed by atoms with E-state index in [0.29, 0.717) is 13.2 Å². The molecule has 2 N–H and O–H groups in total. The second-order valence-corrected chi connectivity index (χ2v) is 5.10. The van der Waals surface area contributed by atoms with Crippen molar-refractivity contribution in [3.8, 4) is 5.75 Å². The van der Waals surface area contributed by atoms with Crippen LogP contribution in [0.4, 0.5) is 0 Å². The van der Waals surface area contributed by atoms with Crippen LogP contribution in [0, 0.1) is 0 Å². The maximum Gasteiger partial charge on any atom is 0.335 e. The lowest BCUT2D eigenvalue weighted by molar-refractivity contribution is -0.124. The molecule has 1 amide bonds. The lowest BCUT2D eigenvalue weighted by atomic mass is 10.1. The van der Waals surface area contributed by atoms with Gasteiger partial charge in [0, 0.05) is 19.3 Å². The number of carbonyl (C=O) groups excluding carboxylic acids is 1. The van der Waals surface area contributed by atoms with E-state index in [-0.39, 0.29) is 34.9 Å². The van der Waals surface area contributed by atoms with Gasteiger partial charge in [0.25, 0.3) is 5.91 Å². The number of carbonyl (C=O) groups is 2. The fraction of sp³-hybridized carbons (Fsp3) is 0.429. The number of hydrogen-bond donors (Lipinski definition) is 2. The Kier molecular flexibility index (Phi) is 5.41. The maximum absolute atomic E-state index is 11.8. The SMILES string of the molecule is O=C(COc1ccc(C(=O)O)cc1Cl)NC1CCOCC1. The number of aromatic carboxylic acids is 1. The third-order valence-corrected chi connectivity index (χ3v) is 3.42. The first-order valence-corrected chi connectivity index (χ1v) is 6.97. The van der Waals surface area contributed by atoms with E-state index < -0.39 is 5.97 Å². The Balaban J connectivity index is 1.84. The molecule has 1 aliphatic heterocycles. The monoisotopic (exact) mass is 313 g/mol. The number of ether oxygens (including phenoxy) is 2. The number of nitrogens with one attached hydrogen (secondary N) is 1. The third kappa shape index (κ3) is 4.61.